The van der Waals surface area contributed by atoms with Gasteiger partial charge in [-0.25, -0.2) is 8.78 Å². The van der Waals surface area contributed by atoms with Crippen LogP contribution in [0.1, 0.15) is 89.4 Å². The molecule has 2 N–H and O–H groups in total. The van der Waals surface area contributed by atoms with Crippen LogP contribution < -0.4 is 19.9 Å². The number of carbonyl (C=O) groups is 3. The highest BCUT2D eigenvalue weighted by atomic mass is 19.1. The lowest BCUT2D eigenvalue weighted by atomic mass is 9.76. The number of imide groups is 1. The van der Waals surface area contributed by atoms with Gasteiger partial charge in [-0.3, -0.25) is 24.6 Å². The van der Waals surface area contributed by atoms with E-state index < -0.39 is 0 Å². The second-order valence-electron chi connectivity index (χ2n) is 17.3. The number of aromatic hydroxyl groups is 1. The van der Waals surface area contributed by atoms with Crippen molar-refractivity contribution in [3.63, 3.8) is 0 Å². The van der Waals surface area contributed by atoms with Gasteiger partial charge in [0.2, 0.25) is 11.8 Å². The molecule has 0 saturated carbocycles. The molecule has 4 unspecified atom stereocenters. The van der Waals surface area contributed by atoms with Crippen LogP contribution in [0.4, 0.5) is 20.2 Å². The topological polar surface area (TPSA) is 102 Å². The average Bonchev–Trinajstić information content (AvgIpc) is 3.23. The van der Waals surface area contributed by atoms with Crippen molar-refractivity contribution in [2.75, 3.05) is 62.2 Å². The van der Waals surface area contributed by atoms with Gasteiger partial charge < -0.3 is 19.6 Å². The highest BCUT2D eigenvalue weighted by Gasteiger charge is 2.37. The van der Waals surface area contributed by atoms with E-state index in [1.165, 1.54) is 6.07 Å². The van der Waals surface area contributed by atoms with Gasteiger partial charge in [-0.2, -0.15) is 0 Å². The molecule has 3 fully saturated rings. The number of fused-ring (bicyclic) bond motifs is 2. The van der Waals surface area contributed by atoms with Crippen LogP contribution in [-0.2, 0) is 16.0 Å². The summed E-state index contributed by atoms with van der Waals surface area (Å²) in [4.78, 5) is 44.4. The molecule has 4 heterocycles. The molecular formula is C48H52F2N4O5. The summed E-state index contributed by atoms with van der Waals surface area (Å²) in [5, 5.41) is 12.6. The van der Waals surface area contributed by atoms with Gasteiger partial charge in [-0.1, -0.05) is 42.5 Å². The summed E-state index contributed by atoms with van der Waals surface area (Å²) in [6, 6.07) is 24.4. The first-order valence-corrected chi connectivity index (χ1v) is 21.4. The number of nitrogens with one attached hydrogen (secondary N) is 1. The number of amides is 2. The van der Waals surface area contributed by atoms with Gasteiger partial charge in [0.1, 0.15) is 23.1 Å². The number of carbonyl (C=O) groups excluding carboxylic acids is 3. The Balaban J connectivity index is 0.794. The molecule has 0 radical (unpaired) electrons. The SMILES string of the molecule is O=C1CCC(C2CCCc3cc(N4CCN(CC5CCN(c6ccc(C7c8ccc(O)cc8OCC7c7ccccc7)cc6F)CC5)CC4)c(F)cc3C(=O)C2)C(=O)N1. The van der Waals surface area contributed by atoms with E-state index in [4.69, 9.17) is 4.74 Å². The van der Waals surface area contributed by atoms with Gasteiger partial charge in [0, 0.05) is 93.6 Å². The second kappa shape index (κ2) is 16.8. The number of halogens is 2. The van der Waals surface area contributed by atoms with E-state index >= 15 is 8.78 Å². The highest BCUT2D eigenvalue weighted by molar-refractivity contribution is 6.01. The molecule has 59 heavy (non-hydrogen) atoms. The molecule has 308 valence electrons. The smallest absolute Gasteiger partial charge is 0.229 e. The molecule has 0 bridgehead atoms. The summed E-state index contributed by atoms with van der Waals surface area (Å²) in [6.45, 7) is 5.97. The lowest BCUT2D eigenvalue weighted by Gasteiger charge is -2.40. The van der Waals surface area contributed by atoms with E-state index in [2.05, 4.69) is 38.2 Å². The number of aryl methyl sites for hydroxylation is 1. The van der Waals surface area contributed by atoms with Crippen molar-refractivity contribution < 1.29 is 33.0 Å². The summed E-state index contributed by atoms with van der Waals surface area (Å²) < 4.78 is 37.9. The van der Waals surface area contributed by atoms with E-state index in [1.807, 2.05) is 36.4 Å². The Morgan fingerprint density at radius 3 is 2.25 bits per heavy atom. The molecule has 4 atom stereocenters. The Hall–Kier alpha value is -5.29. The monoisotopic (exact) mass is 802 g/mol. The number of benzene rings is 4. The molecule has 1 aliphatic carbocycles. The van der Waals surface area contributed by atoms with Crippen molar-refractivity contribution >= 4 is 29.0 Å². The molecule has 4 aliphatic heterocycles. The minimum Gasteiger partial charge on any atom is -0.508 e. The number of Topliss-reactive ketones (excluding diaryl/α,β-unsaturated/α-hetero) is 1. The van der Waals surface area contributed by atoms with Crippen molar-refractivity contribution in [2.45, 2.75) is 63.2 Å². The second-order valence-corrected chi connectivity index (χ2v) is 17.3. The molecule has 9 rings (SSSR count). The first kappa shape index (κ1) is 39.2. The molecule has 0 spiro atoms. The molecule has 2 amide bonds. The lowest BCUT2D eigenvalue weighted by molar-refractivity contribution is -0.137. The lowest BCUT2D eigenvalue weighted by Crippen LogP contribution is -2.49. The van der Waals surface area contributed by atoms with Crippen LogP contribution in [0.2, 0.25) is 0 Å². The van der Waals surface area contributed by atoms with E-state index in [0.717, 1.165) is 80.7 Å². The van der Waals surface area contributed by atoms with E-state index in [1.54, 1.807) is 18.2 Å². The standard InChI is InChI=1S/C48H52F2N4O5/c49-40-23-34(47-37-11-10-35(55)26-45(37)59-29-39(47)31-5-2-1-3-6-31)9-13-42(40)53-17-15-30(16-18-53)28-52-19-21-54(22-20-52)43-24-32-7-4-8-33(25-44(56)38(32)27-41(43)50)36-12-14-46(57)51-48(36)58/h1-3,5-6,9-11,13,23-24,26-27,30,33,36,39,47,55H,4,7-8,12,14-22,25,28-29H2,(H,51,57,58). The predicted octanol–water partition coefficient (Wildman–Crippen LogP) is 7.60. The Labute approximate surface area is 344 Å². The Kier molecular flexibility index (Phi) is 11.1. The fourth-order valence-corrected chi connectivity index (χ4v) is 10.5. The molecule has 4 aromatic rings. The zero-order chi connectivity index (χ0) is 40.6. The molecule has 3 saturated heterocycles. The number of hydrogen-bond acceptors (Lipinski definition) is 8. The number of hydrogen-bond donors (Lipinski definition) is 2. The average molecular weight is 803 g/mol. The third-order valence-electron chi connectivity index (χ3n) is 13.7. The molecule has 4 aromatic carbocycles. The number of ether oxygens (including phenoxy) is 1. The molecule has 5 aliphatic rings. The predicted molar refractivity (Wildman–Crippen MR) is 222 cm³/mol. The fourth-order valence-electron chi connectivity index (χ4n) is 10.5. The number of nitrogens with zero attached hydrogens (tertiary/aromatic N) is 3. The maximum atomic E-state index is 16.1. The van der Waals surface area contributed by atoms with Gasteiger partial charge in [-0.05, 0) is 97.4 Å². The van der Waals surface area contributed by atoms with Crippen LogP contribution >= 0.6 is 0 Å². The largest absolute Gasteiger partial charge is 0.508 e. The van der Waals surface area contributed by atoms with Crippen LogP contribution in [0.25, 0.3) is 0 Å². The van der Waals surface area contributed by atoms with Crippen LogP contribution in [0.15, 0.2) is 78.9 Å². The third-order valence-corrected chi connectivity index (χ3v) is 13.7. The maximum absolute atomic E-state index is 16.1. The number of piperidine rings is 2. The van der Waals surface area contributed by atoms with E-state index in [9.17, 15) is 19.5 Å². The first-order valence-electron chi connectivity index (χ1n) is 21.4. The van der Waals surface area contributed by atoms with Crippen LogP contribution in [0.3, 0.4) is 0 Å². The maximum Gasteiger partial charge on any atom is 0.229 e. The van der Waals surface area contributed by atoms with Gasteiger partial charge in [0.05, 0.1) is 18.0 Å². The van der Waals surface area contributed by atoms with Crippen molar-refractivity contribution in [3.8, 4) is 11.5 Å². The number of ketones is 1. The molecule has 0 aromatic heterocycles. The van der Waals surface area contributed by atoms with Gasteiger partial charge in [0.25, 0.3) is 0 Å². The number of rotatable bonds is 7. The molecule has 11 heteroatoms. The summed E-state index contributed by atoms with van der Waals surface area (Å²) >= 11 is 0. The van der Waals surface area contributed by atoms with Crippen LogP contribution in [0, 0.1) is 29.4 Å². The summed E-state index contributed by atoms with van der Waals surface area (Å²) in [5.41, 5.74) is 5.43. The molecular weight excluding hydrogens is 751 g/mol. The zero-order valence-electron chi connectivity index (χ0n) is 33.4. The number of anilines is 2. The molecule has 9 nitrogen and oxygen atoms in total. The van der Waals surface area contributed by atoms with E-state index in [0.29, 0.717) is 67.6 Å². The number of phenols is 1. The Morgan fingerprint density at radius 1 is 0.729 bits per heavy atom. The fraction of sp³-hybridized carbons (Fsp3) is 0.438. The highest BCUT2D eigenvalue weighted by Crippen LogP contribution is 2.47. The summed E-state index contributed by atoms with van der Waals surface area (Å²) in [5.74, 6) is -0.655. The minimum atomic E-state index is -0.384. The number of piperazine rings is 1. The number of phenolic OH excluding ortho intramolecular Hbond substituents is 1. The van der Waals surface area contributed by atoms with Crippen molar-refractivity contribution in [3.05, 3.63) is 118 Å². The van der Waals surface area contributed by atoms with Crippen molar-refractivity contribution in [1.29, 1.82) is 0 Å². The summed E-state index contributed by atoms with van der Waals surface area (Å²) in [7, 11) is 0. The van der Waals surface area contributed by atoms with Gasteiger partial charge in [-0.15, -0.1) is 0 Å². The van der Waals surface area contributed by atoms with E-state index in [-0.39, 0.29) is 65.1 Å². The quantitative estimate of drug-likeness (QED) is 0.185. The van der Waals surface area contributed by atoms with Crippen LogP contribution in [0.5, 0.6) is 11.5 Å². The normalized spacial score (nSPS) is 24.4. The van der Waals surface area contributed by atoms with Crippen molar-refractivity contribution in [1.82, 2.24) is 10.2 Å². The third kappa shape index (κ3) is 8.18. The zero-order valence-corrected chi connectivity index (χ0v) is 33.4. The summed E-state index contributed by atoms with van der Waals surface area (Å²) in [6.07, 6.45) is 5.03. The Bertz CT molecular complexity index is 2220. The minimum absolute atomic E-state index is 0.00331. The van der Waals surface area contributed by atoms with Gasteiger partial charge in [0.15, 0.2) is 5.78 Å². The van der Waals surface area contributed by atoms with Crippen molar-refractivity contribution in [2.24, 2.45) is 17.8 Å². The van der Waals surface area contributed by atoms with Gasteiger partial charge >= 0.3 is 0 Å². The first-order chi connectivity index (χ1) is 28.7. The van der Waals surface area contributed by atoms with Crippen LogP contribution in [-0.4, -0.2) is 80.0 Å². The Morgan fingerprint density at radius 2 is 1.49 bits per heavy atom.